The molecule has 19 heavy (non-hydrogen) atoms. The van der Waals surface area contributed by atoms with Crippen molar-refractivity contribution in [3.05, 3.63) is 29.6 Å². The molecule has 1 saturated carbocycles. The van der Waals surface area contributed by atoms with Gasteiger partial charge >= 0.3 is 5.97 Å². The van der Waals surface area contributed by atoms with Gasteiger partial charge < -0.3 is 10.2 Å². The van der Waals surface area contributed by atoms with Gasteiger partial charge in [0, 0.05) is 12.1 Å². The van der Waals surface area contributed by atoms with Crippen LogP contribution < -0.4 is 5.32 Å². The maximum Gasteiger partial charge on any atom is 0.325 e. The molecule has 104 valence electrons. The predicted octanol–water partition coefficient (Wildman–Crippen LogP) is 2.58. The molecule has 0 radical (unpaired) electrons. The summed E-state index contributed by atoms with van der Waals surface area (Å²) in [5.41, 5.74) is 0.246. The van der Waals surface area contributed by atoms with E-state index in [-0.39, 0.29) is 17.4 Å². The number of phenols is 1. The lowest BCUT2D eigenvalue weighted by molar-refractivity contribution is -0.140. The van der Waals surface area contributed by atoms with Gasteiger partial charge in [-0.2, -0.15) is 0 Å². The summed E-state index contributed by atoms with van der Waals surface area (Å²) in [5, 5.41) is 21.7. The highest BCUT2D eigenvalue weighted by Crippen LogP contribution is 2.24. The predicted molar refractivity (Wildman–Crippen MR) is 68.5 cm³/mol. The summed E-state index contributed by atoms with van der Waals surface area (Å²) in [6.07, 6.45) is 5.21. The van der Waals surface area contributed by atoms with Crippen molar-refractivity contribution in [3.63, 3.8) is 0 Å². The monoisotopic (exact) mass is 267 g/mol. The van der Waals surface area contributed by atoms with Crippen molar-refractivity contribution < 1.29 is 19.4 Å². The molecule has 3 N–H and O–H groups in total. The molecule has 0 aromatic heterocycles. The third kappa shape index (κ3) is 3.67. The normalized spacial score (nSPS) is 18.2. The number of carboxylic acid groups (broad SMARTS) is 1. The van der Waals surface area contributed by atoms with Gasteiger partial charge in [0.1, 0.15) is 17.6 Å². The van der Waals surface area contributed by atoms with E-state index in [9.17, 15) is 19.4 Å². The second-order valence-corrected chi connectivity index (χ2v) is 5.02. The molecule has 0 heterocycles. The zero-order valence-corrected chi connectivity index (χ0v) is 10.6. The van der Waals surface area contributed by atoms with E-state index in [4.69, 9.17) is 0 Å². The van der Waals surface area contributed by atoms with Crippen LogP contribution in [0.5, 0.6) is 5.75 Å². The Morgan fingerprint density at radius 1 is 1.26 bits per heavy atom. The van der Waals surface area contributed by atoms with Gasteiger partial charge in [0.05, 0.1) is 0 Å². The number of rotatable bonds is 4. The second-order valence-electron chi connectivity index (χ2n) is 5.02. The minimum absolute atomic E-state index is 0.139. The van der Waals surface area contributed by atoms with Crippen LogP contribution in [0.25, 0.3) is 0 Å². The SMILES string of the molecule is O=C(O)C(NC1CCCCC1)c1cc(O)cc(F)c1. The van der Waals surface area contributed by atoms with Crippen LogP contribution in [0.15, 0.2) is 18.2 Å². The van der Waals surface area contributed by atoms with Gasteiger partial charge in [0.15, 0.2) is 0 Å². The van der Waals surface area contributed by atoms with Gasteiger partial charge in [0.25, 0.3) is 0 Å². The summed E-state index contributed by atoms with van der Waals surface area (Å²) >= 11 is 0. The Morgan fingerprint density at radius 3 is 2.53 bits per heavy atom. The van der Waals surface area contributed by atoms with Crippen molar-refractivity contribution in [2.45, 2.75) is 44.2 Å². The number of aliphatic carboxylic acids is 1. The lowest BCUT2D eigenvalue weighted by Crippen LogP contribution is -2.38. The molecule has 1 aromatic rings. The smallest absolute Gasteiger partial charge is 0.325 e. The first-order valence-corrected chi connectivity index (χ1v) is 6.54. The molecule has 0 amide bonds. The Bertz CT molecular complexity index is 438. The molecule has 2 rings (SSSR count). The second kappa shape index (κ2) is 6.02. The average Bonchev–Trinajstić information content (AvgIpc) is 2.35. The largest absolute Gasteiger partial charge is 0.508 e. The number of benzene rings is 1. The molecule has 0 bridgehead atoms. The van der Waals surface area contributed by atoms with E-state index < -0.39 is 17.8 Å². The first kappa shape index (κ1) is 13.8. The summed E-state index contributed by atoms with van der Waals surface area (Å²) in [6.45, 7) is 0. The van der Waals surface area contributed by atoms with Crippen LogP contribution in [-0.2, 0) is 4.79 Å². The first-order valence-electron chi connectivity index (χ1n) is 6.54. The van der Waals surface area contributed by atoms with E-state index in [0.717, 1.165) is 37.8 Å². The van der Waals surface area contributed by atoms with E-state index >= 15 is 0 Å². The van der Waals surface area contributed by atoms with E-state index in [1.165, 1.54) is 12.5 Å². The third-order valence-corrected chi connectivity index (χ3v) is 3.49. The van der Waals surface area contributed by atoms with Gasteiger partial charge in [-0.05, 0) is 30.5 Å². The molecule has 1 aliphatic rings. The summed E-state index contributed by atoms with van der Waals surface area (Å²) in [6, 6.07) is 2.56. The zero-order chi connectivity index (χ0) is 13.8. The van der Waals surface area contributed by atoms with Crippen molar-refractivity contribution in [1.82, 2.24) is 5.32 Å². The van der Waals surface area contributed by atoms with Gasteiger partial charge in [-0.1, -0.05) is 19.3 Å². The highest BCUT2D eigenvalue weighted by molar-refractivity contribution is 5.75. The van der Waals surface area contributed by atoms with Crippen LogP contribution in [-0.4, -0.2) is 22.2 Å². The average molecular weight is 267 g/mol. The lowest BCUT2D eigenvalue weighted by atomic mass is 9.94. The van der Waals surface area contributed by atoms with Crippen LogP contribution in [0.3, 0.4) is 0 Å². The molecular weight excluding hydrogens is 249 g/mol. The molecular formula is C14H18FNO3. The van der Waals surface area contributed by atoms with Crippen LogP contribution in [0.4, 0.5) is 4.39 Å². The Hall–Kier alpha value is -1.62. The van der Waals surface area contributed by atoms with E-state index in [1.54, 1.807) is 0 Å². The molecule has 1 atom stereocenters. The van der Waals surface area contributed by atoms with E-state index in [1.807, 2.05) is 0 Å². The number of hydrogen-bond acceptors (Lipinski definition) is 3. The highest BCUT2D eigenvalue weighted by atomic mass is 19.1. The van der Waals surface area contributed by atoms with Gasteiger partial charge in [-0.25, -0.2) is 4.39 Å². The highest BCUT2D eigenvalue weighted by Gasteiger charge is 2.25. The van der Waals surface area contributed by atoms with Crippen molar-refractivity contribution in [1.29, 1.82) is 0 Å². The van der Waals surface area contributed by atoms with E-state index in [2.05, 4.69) is 5.32 Å². The molecule has 1 unspecified atom stereocenters. The van der Waals surface area contributed by atoms with Crippen LogP contribution in [0.2, 0.25) is 0 Å². The molecule has 0 aliphatic heterocycles. The number of nitrogens with one attached hydrogen (secondary N) is 1. The quantitative estimate of drug-likeness (QED) is 0.784. The molecule has 1 aliphatic carbocycles. The fourth-order valence-corrected chi connectivity index (χ4v) is 2.58. The summed E-state index contributed by atoms with van der Waals surface area (Å²) in [5.74, 6) is -1.95. The minimum Gasteiger partial charge on any atom is -0.508 e. The molecule has 1 aromatic carbocycles. The maximum atomic E-state index is 13.2. The van der Waals surface area contributed by atoms with Gasteiger partial charge in [-0.3, -0.25) is 10.1 Å². The summed E-state index contributed by atoms with van der Waals surface area (Å²) in [4.78, 5) is 11.3. The Balaban J connectivity index is 2.16. The standard InChI is InChI=1S/C14H18FNO3/c15-10-6-9(7-12(17)8-10)13(14(18)19)16-11-4-2-1-3-5-11/h6-8,11,13,16-17H,1-5H2,(H,18,19). The number of phenolic OH excluding ortho intramolecular Hbond substituents is 1. The zero-order valence-electron chi connectivity index (χ0n) is 10.6. The van der Waals surface area contributed by atoms with Crippen molar-refractivity contribution >= 4 is 5.97 Å². The van der Waals surface area contributed by atoms with Crippen molar-refractivity contribution in [2.75, 3.05) is 0 Å². The van der Waals surface area contributed by atoms with E-state index in [0.29, 0.717) is 0 Å². The maximum absolute atomic E-state index is 13.2. The number of carbonyl (C=O) groups is 1. The number of halogens is 1. The molecule has 1 fully saturated rings. The Labute approximate surface area is 111 Å². The molecule has 5 heteroatoms. The Morgan fingerprint density at radius 2 is 1.95 bits per heavy atom. The van der Waals surface area contributed by atoms with Gasteiger partial charge in [-0.15, -0.1) is 0 Å². The lowest BCUT2D eigenvalue weighted by Gasteiger charge is -2.26. The number of hydrogen-bond donors (Lipinski definition) is 3. The van der Waals surface area contributed by atoms with Crippen molar-refractivity contribution in [3.8, 4) is 5.75 Å². The molecule has 0 saturated heterocycles. The van der Waals surface area contributed by atoms with Crippen molar-refractivity contribution in [2.24, 2.45) is 0 Å². The van der Waals surface area contributed by atoms with Gasteiger partial charge in [0.2, 0.25) is 0 Å². The number of carboxylic acids is 1. The third-order valence-electron chi connectivity index (χ3n) is 3.49. The number of aromatic hydroxyl groups is 1. The minimum atomic E-state index is -1.06. The fourth-order valence-electron chi connectivity index (χ4n) is 2.58. The fraction of sp³-hybridized carbons (Fsp3) is 0.500. The van der Waals surface area contributed by atoms with Crippen LogP contribution >= 0.6 is 0 Å². The summed E-state index contributed by atoms with van der Waals surface area (Å²) < 4.78 is 13.2. The molecule has 0 spiro atoms. The molecule has 4 nitrogen and oxygen atoms in total. The first-order chi connectivity index (χ1) is 9.06. The topological polar surface area (TPSA) is 69.6 Å². The Kier molecular flexibility index (Phi) is 4.37. The van der Waals surface area contributed by atoms with Crippen LogP contribution in [0, 0.1) is 5.82 Å². The van der Waals surface area contributed by atoms with Crippen LogP contribution in [0.1, 0.15) is 43.7 Å². The summed E-state index contributed by atoms with van der Waals surface area (Å²) in [7, 11) is 0.